The van der Waals surface area contributed by atoms with Crippen LogP contribution in [0.2, 0.25) is 0 Å². The fraction of sp³-hybridized carbons (Fsp3) is 0.520. The van der Waals surface area contributed by atoms with Crippen molar-refractivity contribution >= 4 is 23.2 Å². The molecule has 8 heteroatoms. The maximum absolute atomic E-state index is 12.1. The zero-order valence-corrected chi connectivity index (χ0v) is 20.2. The molecule has 1 amide bonds. The van der Waals surface area contributed by atoms with Gasteiger partial charge in [-0.05, 0) is 74.8 Å². The molecule has 1 aromatic carbocycles. The lowest BCUT2D eigenvalue weighted by atomic mass is 10.1. The molecular formula is C25H36N4O3S. The first kappa shape index (κ1) is 25.1. The minimum absolute atomic E-state index is 0.0322. The fourth-order valence-corrected chi connectivity index (χ4v) is 4.14. The lowest BCUT2D eigenvalue weighted by Crippen LogP contribution is -2.36. The van der Waals surface area contributed by atoms with Crippen LogP contribution in [0.3, 0.4) is 0 Å². The molecule has 1 aromatic heterocycles. The molecule has 1 aliphatic heterocycles. The Kier molecular flexibility index (Phi) is 10.5. The number of carbonyl (C=O) groups excluding carboxylic acids is 1. The lowest BCUT2D eigenvalue weighted by Gasteiger charge is -2.26. The molecule has 1 saturated heterocycles. The van der Waals surface area contributed by atoms with Crippen LogP contribution in [0.5, 0.6) is 5.75 Å². The number of nitrogens with one attached hydrogen (secondary N) is 1. The largest absolute Gasteiger partial charge is 0.494 e. The van der Waals surface area contributed by atoms with Gasteiger partial charge in [0.2, 0.25) is 5.91 Å². The number of benzene rings is 1. The number of nitrogens with zero attached hydrogens (tertiary/aromatic N) is 2. The van der Waals surface area contributed by atoms with E-state index in [-0.39, 0.29) is 5.91 Å². The summed E-state index contributed by atoms with van der Waals surface area (Å²) >= 11 is 5.11. The van der Waals surface area contributed by atoms with Crippen molar-refractivity contribution in [2.24, 2.45) is 5.73 Å². The molecule has 33 heavy (non-hydrogen) atoms. The lowest BCUT2D eigenvalue weighted by molar-refractivity contribution is -0.121. The van der Waals surface area contributed by atoms with E-state index in [1.165, 1.54) is 37.9 Å². The van der Waals surface area contributed by atoms with Crippen molar-refractivity contribution in [3.8, 4) is 5.75 Å². The van der Waals surface area contributed by atoms with Gasteiger partial charge in [0.15, 0.2) is 5.11 Å². The van der Waals surface area contributed by atoms with Gasteiger partial charge in [-0.2, -0.15) is 0 Å². The van der Waals surface area contributed by atoms with Crippen molar-refractivity contribution in [2.75, 3.05) is 32.8 Å². The number of amides is 1. The van der Waals surface area contributed by atoms with Crippen molar-refractivity contribution < 1.29 is 13.9 Å². The monoisotopic (exact) mass is 472 g/mol. The molecule has 7 nitrogen and oxygen atoms in total. The highest BCUT2D eigenvalue weighted by molar-refractivity contribution is 7.80. The van der Waals surface area contributed by atoms with E-state index in [0.717, 1.165) is 24.3 Å². The Morgan fingerprint density at radius 1 is 1.18 bits per heavy atom. The van der Waals surface area contributed by atoms with Crippen LogP contribution < -0.4 is 15.8 Å². The second kappa shape index (κ2) is 13.9. The number of likely N-dealkylation sites (tertiary alicyclic amines) is 1. The molecule has 0 saturated carbocycles. The average Bonchev–Trinajstić information content (AvgIpc) is 3.32. The third kappa shape index (κ3) is 9.43. The zero-order valence-electron chi connectivity index (χ0n) is 19.3. The van der Waals surface area contributed by atoms with E-state index in [4.69, 9.17) is 27.1 Å². The van der Waals surface area contributed by atoms with Crippen molar-refractivity contribution in [1.29, 1.82) is 0 Å². The molecule has 3 rings (SSSR count). The van der Waals surface area contributed by atoms with E-state index in [1.807, 2.05) is 17.0 Å². The normalized spacial score (nSPS) is 14.1. The number of carbonyl (C=O) groups is 1. The summed E-state index contributed by atoms with van der Waals surface area (Å²) in [6.45, 7) is 5.75. The van der Waals surface area contributed by atoms with Crippen molar-refractivity contribution in [3.63, 3.8) is 0 Å². The van der Waals surface area contributed by atoms with Crippen LogP contribution in [-0.2, 0) is 17.9 Å². The summed E-state index contributed by atoms with van der Waals surface area (Å²) in [5, 5.41) is 3.29. The number of furan rings is 1. The van der Waals surface area contributed by atoms with Gasteiger partial charge in [-0.25, -0.2) is 0 Å². The predicted molar refractivity (Wildman–Crippen MR) is 134 cm³/mol. The number of piperidine rings is 1. The standard InChI is InChI=1S/C25H36N4O3S/c26-25(33)29(19-22-10-16-31-20-22)14-5-9-24(30)27-11-6-15-32-23-8-4-7-21(17-23)18-28-12-2-1-3-13-28/h4,7-8,10,16-17,20H,1-3,5-6,9,11-15,18-19H2,(H2,26,33)(H,27,30). The topological polar surface area (TPSA) is 84.0 Å². The fourth-order valence-electron chi connectivity index (χ4n) is 3.99. The van der Waals surface area contributed by atoms with Gasteiger partial charge in [-0.3, -0.25) is 9.69 Å². The Labute approximate surface area is 202 Å². The number of nitrogens with two attached hydrogens (primary N) is 1. The summed E-state index contributed by atoms with van der Waals surface area (Å²) in [6.07, 6.45) is 9.12. The quantitative estimate of drug-likeness (QED) is 0.340. The molecule has 2 heterocycles. The number of thiocarbonyl (C=S) groups is 1. The average molecular weight is 473 g/mol. The van der Waals surface area contributed by atoms with Gasteiger partial charge in [0.25, 0.3) is 0 Å². The molecule has 3 N–H and O–H groups in total. The maximum Gasteiger partial charge on any atom is 0.220 e. The summed E-state index contributed by atoms with van der Waals surface area (Å²) in [5.41, 5.74) is 8.09. The summed E-state index contributed by atoms with van der Waals surface area (Å²) < 4.78 is 11.0. The van der Waals surface area contributed by atoms with Gasteiger partial charge in [-0.1, -0.05) is 18.6 Å². The molecule has 1 fully saturated rings. The van der Waals surface area contributed by atoms with E-state index in [2.05, 4.69) is 28.4 Å². The van der Waals surface area contributed by atoms with Crippen LogP contribution >= 0.6 is 12.2 Å². The molecule has 0 spiro atoms. The Balaban J connectivity index is 1.26. The van der Waals surface area contributed by atoms with Crippen molar-refractivity contribution in [3.05, 3.63) is 54.0 Å². The van der Waals surface area contributed by atoms with Gasteiger partial charge < -0.3 is 25.1 Å². The molecular weight excluding hydrogens is 436 g/mol. The molecule has 2 aromatic rings. The zero-order chi connectivity index (χ0) is 23.3. The van der Waals surface area contributed by atoms with Crippen LogP contribution in [0.4, 0.5) is 0 Å². The Morgan fingerprint density at radius 3 is 2.79 bits per heavy atom. The van der Waals surface area contributed by atoms with Gasteiger partial charge >= 0.3 is 0 Å². The Hall–Kier alpha value is -2.58. The van der Waals surface area contributed by atoms with E-state index in [1.54, 1.807) is 12.5 Å². The maximum atomic E-state index is 12.1. The highest BCUT2D eigenvalue weighted by Crippen LogP contribution is 2.17. The van der Waals surface area contributed by atoms with Crippen LogP contribution in [0, 0.1) is 0 Å². The third-order valence-corrected chi connectivity index (χ3v) is 6.02. The summed E-state index contributed by atoms with van der Waals surface area (Å²) in [6, 6.07) is 10.2. The molecule has 180 valence electrons. The third-order valence-electron chi connectivity index (χ3n) is 5.76. The summed E-state index contributed by atoms with van der Waals surface area (Å²) in [5.74, 6) is 0.927. The predicted octanol–water partition coefficient (Wildman–Crippen LogP) is 3.68. The first-order valence-corrected chi connectivity index (χ1v) is 12.3. The number of rotatable bonds is 13. The number of hydrogen-bond donors (Lipinski definition) is 2. The second-order valence-corrected chi connectivity index (χ2v) is 8.95. The highest BCUT2D eigenvalue weighted by Gasteiger charge is 2.11. The van der Waals surface area contributed by atoms with Crippen molar-refractivity contribution in [1.82, 2.24) is 15.1 Å². The number of ether oxygens (including phenoxy) is 1. The van der Waals surface area contributed by atoms with Gasteiger partial charge in [-0.15, -0.1) is 0 Å². The summed E-state index contributed by atoms with van der Waals surface area (Å²) in [4.78, 5) is 16.5. The first-order valence-electron chi connectivity index (χ1n) is 11.9. The molecule has 0 unspecified atom stereocenters. The molecule has 0 aliphatic carbocycles. The second-order valence-electron chi connectivity index (χ2n) is 8.53. The van der Waals surface area contributed by atoms with Crippen LogP contribution in [-0.4, -0.2) is 53.6 Å². The van der Waals surface area contributed by atoms with Gasteiger partial charge in [0, 0.05) is 38.2 Å². The molecule has 0 radical (unpaired) electrons. The minimum atomic E-state index is 0.0322. The number of hydrogen-bond acceptors (Lipinski definition) is 5. The van der Waals surface area contributed by atoms with E-state index in [9.17, 15) is 4.79 Å². The Bertz CT molecular complexity index is 853. The minimum Gasteiger partial charge on any atom is -0.494 e. The Morgan fingerprint density at radius 2 is 2.03 bits per heavy atom. The van der Waals surface area contributed by atoms with Crippen LogP contribution in [0.25, 0.3) is 0 Å². The molecule has 1 aliphatic rings. The van der Waals surface area contributed by atoms with E-state index in [0.29, 0.717) is 44.2 Å². The van der Waals surface area contributed by atoms with Crippen LogP contribution in [0.15, 0.2) is 47.3 Å². The highest BCUT2D eigenvalue weighted by atomic mass is 32.1. The molecule has 0 atom stereocenters. The molecule has 0 bridgehead atoms. The van der Waals surface area contributed by atoms with Crippen molar-refractivity contribution in [2.45, 2.75) is 51.6 Å². The van der Waals surface area contributed by atoms with E-state index < -0.39 is 0 Å². The summed E-state index contributed by atoms with van der Waals surface area (Å²) in [7, 11) is 0. The first-order chi connectivity index (χ1) is 16.1. The van der Waals surface area contributed by atoms with Gasteiger partial charge in [0.05, 0.1) is 19.1 Å². The SMILES string of the molecule is NC(=S)N(CCCC(=O)NCCCOc1cccc(CN2CCCCC2)c1)Cc1ccoc1. The smallest absolute Gasteiger partial charge is 0.220 e. The van der Waals surface area contributed by atoms with E-state index >= 15 is 0 Å². The van der Waals surface area contributed by atoms with Crippen LogP contribution in [0.1, 0.15) is 49.7 Å². The van der Waals surface area contributed by atoms with Gasteiger partial charge in [0.1, 0.15) is 5.75 Å².